The van der Waals surface area contributed by atoms with Crippen LogP contribution in [-0.2, 0) is 17.8 Å². The molecule has 0 fully saturated rings. The number of benzene rings is 8. The molecule has 2 aromatic heterocycles. The number of esters is 1. The third-order valence-electron chi connectivity index (χ3n) is 13.3. The lowest BCUT2D eigenvalue weighted by molar-refractivity contribution is 0.0525. The maximum atomic E-state index is 13.0. The van der Waals surface area contributed by atoms with Gasteiger partial charge in [-0.1, -0.05) is 129 Å². The first-order valence-corrected chi connectivity index (χ1v) is 26.9. The van der Waals surface area contributed by atoms with E-state index in [2.05, 4.69) is 69.8 Å². The van der Waals surface area contributed by atoms with Gasteiger partial charge < -0.3 is 34.7 Å². The molecule has 0 radical (unpaired) electrons. The number of carboxylic acids is 1. The van der Waals surface area contributed by atoms with Gasteiger partial charge in [-0.05, 0) is 162 Å². The zero-order valence-corrected chi connectivity index (χ0v) is 46.7. The molecule has 10 aromatic rings. The molecule has 0 saturated carbocycles. The highest BCUT2D eigenvalue weighted by atomic mass is 79.9. The number of rotatable bonds is 15. The lowest BCUT2D eigenvalue weighted by atomic mass is 9.98. The van der Waals surface area contributed by atoms with E-state index >= 15 is 0 Å². The van der Waals surface area contributed by atoms with E-state index in [0.717, 1.165) is 82.4 Å². The molecule has 0 bridgehead atoms. The minimum atomic E-state index is -0.943. The van der Waals surface area contributed by atoms with Gasteiger partial charge >= 0.3 is 11.9 Å². The summed E-state index contributed by atoms with van der Waals surface area (Å²) in [5, 5.41) is 24.5. The molecule has 78 heavy (non-hydrogen) atoms. The van der Waals surface area contributed by atoms with E-state index in [-0.39, 0.29) is 35.4 Å². The molecule has 2 amide bonds. The number of amides is 2. The maximum absolute atomic E-state index is 13.0. The first kappa shape index (κ1) is 55.9. The summed E-state index contributed by atoms with van der Waals surface area (Å²) in [7, 11) is 1.00. The van der Waals surface area contributed by atoms with E-state index in [9.17, 15) is 24.3 Å². The molecular formula is C65H58Br2N4O7. The van der Waals surface area contributed by atoms with Gasteiger partial charge in [-0.3, -0.25) is 9.59 Å². The highest BCUT2D eigenvalue weighted by Crippen LogP contribution is 2.30. The van der Waals surface area contributed by atoms with Crippen molar-refractivity contribution in [3.05, 3.63) is 260 Å². The third-order valence-corrected chi connectivity index (χ3v) is 14.4. The molecule has 10 rings (SSSR count). The molecule has 4 N–H and O–H groups in total. The van der Waals surface area contributed by atoms with Gasteiger partial charge in [-0.2, -0.15) is 0 Å². The van der Waals surface area contributed by atoms with Crippen molar-refractivity contribution in [2.75, 3.05) is 13.7 Å². The smallest absolute Gasteiger partial charge is 0.338 e. The SMILES string of the molecule is CCOC(=O)c1cccc(-c2ccccc2Cn2ccc3cc(C(=O)N[C@@H](C)c4ccc(Br)cc4)ccc32)c1.CO.C[C@H](NC(=O)c1ccc2c(ccn2Cc2ccccc2-c2cccc(C(=O)O)c2)c1)c1ccc(Br)cc1. The summed E-state index contributed by atoms with van der Waals surface area (Å²) in [6, 6.07) is 62.0. The number of carbonyl (C=O) groups excluding carboxylic acids is 3. The Morgan fingerprint density at radius 3 is 1.36 bits per heavy atom. The molecule has 0 saturated heterocycles. The van der Waals surface area contributed by atoms with E-state index in [1.54, 1.807) is 31.2 Å². The quantitative estimate of drug-likeness (QED) is 0.0746. The number of aromatic carboxylic acids is 1. The van der Waals surface area contributed by atoms with Crippen LogP contribution in [0.15, 0.2) is 215 Å². The lowest BCUT2D eigenvalue weighted by Crippen LogP contribution is -2.26. The molecule has 0 spiro atoms. The van der Waals surface area contributed by atoms with Crippen LogP contribution in [0.1, 0.15) is 96.5 Å². The number of aliphatic hydroxyl groups excluding tert-OH is 1. The van der Waals surface area contributed by atoms with Gasteiger partial charge in [0, 0.05) is 74.5 Å². The molecule has 394 valence electrons. The summed E-state index contributed by atoms with van der Waals surface area (Å²) >= 11 is 6.89. The summed E-state index contributed by atoms with van der Waals surface area (Å²) in [6.45, 7) is 7.36. The first-order chi connectivity index (χ1) is 37.8. The Kier molecular flexibility index (Phi) is 18.7. The highest BCUT2D eigenvalue weighted by molar-refractivity contribution is 9.10. The molecule has 0 aliphatic rings. The fraction of sp³-hybridized carbons (Fsp3) is 0.138. The number of fused-ring (bicyclic) bond motifs is 2. The average molecular weight is 1170 g/mol. The van der Waals surface area contributed by atoms with Crippen molar-refractivity contribution < 1.29 is 34.1 Å². The van der Waals surface area contributed by atoms with Crippen LogP contribution in [0.25, 0.3) is 44.1 Å². The number of ether oxygens (including phenoxy) is 1. The normalized spacial score (nSPS) is 11.6. The molecule has 0 aliphatic carbocycles. The second-order valence-corrected chi connectivity index (χ2v) is 20.3. The summed E-state index contributed by atoms with van der Waals surface area (Å²) in [5.74, 6) is -1.48. The standard InChI is InChI=1S/C33H29BrN2O3.C31H25BrN2O3.CH4O/c1-3-39-33(38)27-9-6-8-24(19-27)30-10-5-4-7-28(30)21-36-18-17-25-20-26(13-16-31(25)36)32(37)35-22(2)23-11-14-29(34)15-12-23;1-20(21-9-12-27(32)13-10-21)33-30(35)24-11-14-29-23(18-24)15-16-34(29)19-26-5-2-3-8-28(26)22-6-4-7-25(17-22)31(36)37;1-2/h4-20,22H,3,21H2,1-2H3,(H,35,37);2-18,20H,19H2,1H3,(H,33,35)(H,36,37);2H,1H3/t22-;20-;/m00./s1. The van der Waals surface area contributed by atoms with Crippen LogP contribution in [0, 0.1) is 0 Å². The Labute approximate surface area is 470 Å². The van der Waals surface area contributed by atoms with Crippen molar-refractivity contribution in [3.8, 4) is 22.3 Å². The van der Waals surface area contributed by atoms with Gasteiger partial charge in [0.1, 0.15) is 0 Å². The van der Waals surface area contributed by atoms with Crippen LogP contribution in [0.5, 0.6) is 0 Å². The van der Waals surface area contributed by atoms with Gasteiger partial charge in [0.05, 0.1) is 29.8 Å². The van der Waals surface area contributed by atoms with Crippen molar-refractivity contribution in [1.29, 1.82) is 0 Å². The number of halogens is 2. The van der Waals surface area contributed by atoms with E-state index in [0.29, 0.717) is 36.4 Å². The fourth-order valence-corrected chi connectivity index (χ4v) is 9.81. The molecule has 13 heteroatoms. The molecule has 0 unspecified atom stereocenters. The Morgan fingerprint density at radius 1 is 0.500 bits per heavy atom. The summed E-state index contributed by atoms with van der Waals surface area (Å²) < 4.78 is 11.5. The monoisotopic (exact) mass is 1160 g/mol. The lowest BCUT2D eigenvalue weighted by Gasteiger charge is -2.15. The van der Waals surface area contributed by atoms with Crippen LogP contribution in [0.3, 0.4) is 0 Å². The maximum Gasteiger partial charge on any atom is 0.338 e. The van der Waals surface area contributed by atoms with Crippen molar-refractivity contribution in [2.24, 2.45) is 0 Å². The first-order valence-electron chi connectivity index (χ1n) is 25.3. The topological polar surface area (TPSA) is 152 Å². The van der Waals surface area contributed by atoms with E-state index in [1.807, 2.05) is 178 Å². The number of carboxylic acid groups (broad SMARTS) is 1. The fourth-order valence-electron chi connectivity index (χ4n) is 9.28. The molecule has 8 aromatic carbocycles. The van der Waals surface area contributed by atoms with Gasteiger partial charge in [0.2, 0.25) is 0 Å². The number of hydrogen-bond acceptors (Lipinski definition) is 6. The Hall–Kier alpha value is -8.36. The van der Waals surface area contributed by atoms with Gasteiger partial charge in [0.15, 0.2) is 0 Å². The highest BCUT2D eigenvalue weighted by Gasteiger charge is 2.17. The molecule has 2 atom stereocenters. The van der Waals surface area contributed by atoms with Crippen LogP contribution in [0.4, 0.5) is 0 Å². The number of carbonyl (C=O) groups is 4. The Morgan fingerprint density at radius 2 is 0.923 bits per heavy atom. The summed E-state index contributed by atoms with van der Waals surface area (Å²) in [5.41, 5.74) is 12.3. The minimum absolute atomic E-state index is 0.105. The number of aromatic nitrogens is 2. The number of hydrogen-bond donors (Lipinski definition) is 4. The second-order valence-electron chi connectivity index (χ2n) is 18.4. The van der Waals surface area contributed by atoms with Crippen LogP contribution < -0.4 is 10.6 Å². The van der Waals surface area contributed by atoms with Gasteiger partial charge in [-0.15, -0.1) is 0 Å². The second kappa shape index (κ2) is 26.1. The predicted molar refractivity (Wildman–Crippen MR) is 317 cm³/mol. The van der Waals surface area contributed by atoms with E-state index < -0.39 is 5.97 Å². The van der Waals surface area contributed by atoms with Crippen LogP contribution >= 0.6 is 31.9 Å². The molecule has 11 nitrogen and oxygen atoms in total. The van der Waals surface area contributed by atoms with Gasteiger partial charge in [0.25, 0.3) is 11.8 Å². The molecule has 2 heterocycles. The molecule has 0 aliphatic heterocycles. The van der Waals surface area contributed by atoms with E-state index in [4.69, 9.17) is 9.84 Å². The number of aliphatic hydroxyl groups is 1. The average Bonchev–Trinajstić information content (AvgIpc) is 4.11. The number of nitrogens with one attached hydrogen (secondary N) is 2. The zero-order valence-electron chi connectivity index (χ0n) is 43.5. The van der Waals surface area contributed by atoms with Crippen molar-refractivity contribution >= 4 is 77.4 Å². The van der Waals surface area contributed by atoms with Crippen LogP contribution in [-0.4, -0.2) is 56.8 Å². The van der Waals surface area contributed by atoms with E-state index in [1.165, 1.54) is 0 Å². The van der Waals surface area contributed by atoms with Crippen molar-refractivity contribution in [2.45, 2.75) is 45.9 Å². The Balaban J connectivity index is 0.000000200. The summed E-state index contributed by atoms with van der Waals surface area (Å²) in [4.78, 5) is 49.7. The summed E-state index contributed by atoms with van der Waals surface area (Å²) in [6.07, 6.45) is 4.06. The zero-order chi connectivity index (χ0) is 55.3. The number of nitrogens with zero attached hydrogens (tertiary/aromatic N) is 2. The minimum Gasteiger partial charge on any atom is -0.478 e. The molecular weight excluding hydrogens is 1110 g/mol. The van der Waals surface area contributed by atoms with Crippen molar-refractivity contribution in [3.63, 3.8) is 0 Å². The predicted octanol–water partition coefficient (Wildman–Crippen LogP) is 14.7. The van der Waals surface area contributed by atoms with Gasteiger partial charge in [-0.25, -0.2) is 9.59 Å². The van der Waals surface area contributed by atoms with Crippen molar-refractivity contribution in [1.82, 2.24) is 19.8 Å². The Bertz CT molecular complexity index is 3740. The van der Waals surface area contributed by atoms with Crippen LogP contribution in [0.2, 0.25) is 0 Å². The third kappa shape index (κ3) is 13.6. The largest absolute Gasteiger partial charge is 0.478 e.